The highest BCUT2D eigenvalue weighted by molar-refractivity contribution is 5.73. The van der Waals surface area contributed by atoms with Crippen LogP contribution in [0.5, 0.6) is 0 Å². The number of nitrogens with one attached hydrogen (secondary N) is 2. The lowest BCUT2D eigenvalue weighted by atomic mass is 9.83. The number of nitrogens with zero attached hydrogens (tertiary/aromatic N) is 3. The van der Waals surface area contributed by atoms with Crippen molar-refractivity contribution in [3.05, 3.63) is 23.9 Å². The van der Waals surface area contributed by atoms with Crippen molar-refractivity contribution in [1.82, 2.24) is 20.5 Å². The summed E-state index contributed by atoms with van der Waals surface area (Å²) < 4.78 is 0. The molecule has 2 N–H and O–H groups in total. The fourth-order valence-corrected chi connectivity index (χ4v) is 3.45. The highest BCUT2D eigenvalue weighted by Gasteiger charge is 2.18. The number of amides is 2. The average Bonchev–Trinajstić information content (AvgIpc) is 2.62. The van der Waals surface area contributed by atoms with Crippen molar-refractivity contribution in [3.63, 3.8) is 0 Å². The molecule has 1 aromatic heterocycles. The first-order chi connectivity index (χ1) is 12.2. The zero-order valence-corrected chi connectivity index (χ0v) is 15.3. The number of piperazine rings is 1. The van der Waals surface area contributed by atoms with Crippen LogP contribution in [-0.2, 0) is 6.54 Å². The Labute approximate surface area is 151 Å². The number of carbonyl (C=O) groups is 1. The number of urea groups is 1. The molecule has 0 aromatic carbocycles. The molecule has 0 unspecified atom stereocenters. The summed E-state index contributed by atoms with van der Waals surface area (Å²) in [6, 6.07) is 3.99. The first kappa shape index (κ1) is 18.0. The number of hydrogen-bond acceptors (Lipinski definition) is 4. The van der Waals surface area contributed by atoms with Crippen LogP contribution in [0.4, 0.5) is 10.6 Å². The molecular formula is C19H31N5O. The summed E-state index contributed by atoms with van der Waals surface area (Å²) in [5, 5.41) is 5.91. The zero-order chi connectivity index (χ0) is 17.5. The molecule has 6 nitrogen and oxygen atoms in total. The van der Waals surface area contributed by atoms with Gasteiger partial charge in [0.05, 0.1) is 0 Å². The van der Waals surface area contributed by atoms with E-state index >= 15 is 0 Å². The van der Waals surface area contributed by atoms with Crippen molar-refractivity contribution in [2.45, 2.75) is 39.2 Å². The normalized spacial score (nSPS) is 18.7. The van der Waals surface area contributed by atoms with E-state index in [2.05, 4.69) is 38.4 Å². The van der Waals surface area contributed by atoms with Gasteiger partial charge >= 0.3 is 6.03 Å². The lowest BCUT2D eigenvalue weighted by Gasteiger charge is -2.34. The minimum Gasteiger partial charge on any atom is -0.354 e. The smallest absolute Gasteiger partial charge is 0.315 e. The summed E-state index contributed by atoms with van der Waals surface area (Å²) in [5.74, 6) is 1.84. The summed E-state index contributed by atoms with van der Waals surface area (Å²) in [6.07, 6.45) is 6.96. The number of carbonyl (C=O) groups excluding carboxylic acids is 1. The minimum absolute atomic E-state index is 0.0748. The number of rotatable bonds is 7. The second-order valence-electron chi connectivity index (χ2n) is 7.14. The Bertz CT molecular complexity index is 553. The maximum atomic E-state index is 11.9. The zero-order valence-electron chi connectivity index (χ0n) is 15.3. The molecule has 1 saturated heterocycles. The number of likely N-dealkylation sites (N-methyl/N-ethyl adjacent to an activating group) is 1. The molecule has 2 aliphatic rings. The van der Waals surface area contributed by atoms with Gasteiger partial charge in [-0.15, -0.1) is 0 Å². The third-order valence-corrected chi connectivity index (χ3v) is 5.47. The molecule has 1 aliphatic heterocycles. The Morgan fingerprint density at radius 3 is 2.72 bits per heavy atom. The summed E-state index contributed by atoms with van der Waals surface area (Å²) >= 11 is 0. The third kappa shape index (κ3) is 5.33. The van der Waals surface area contributed by atoms with Gasteiger partial charge in [-0.1, -0.05) is 26.2 Å². The second-order valence-corrected chi connectivity index (χ2v) is 7.14. The maximum Gasteiger partial charge on any atom is 0.315 e. The maximum absolute atomic E-state index is 11.9. The number of aromatic nitrogens is 1. The first-order valence-electron chi connectivity index (χ1n) is 9.68. The molecule has 0 radical (unpaired) electrons. The van der Waals surface area contributed by atoms with Gasteiger partial charge in [0.2, 0.25) is 0 Å². The lowest BCUT2D eigenvalue weighted by molar-refractivity contribution is 0.236. The third-order valence-electron chi connectivity index (χ3n) is 5.47. The largest absolute Gasteiger partial charge is 0.354 e. The fraction of sp³-hybridized carbons (Fsp3) is 0.684. The summed E-state index contributed by atoms with van der Waals surface area (Å²) in [5.41, 5.74) is 1.09. The molecule has 1 aliphatic carbocycles. The van der Waals surface area contributed by atoms with Crippen LogP contribution in [0.15, 0.2) is 18.3 Å². The van der Waals surface area contributed by atoms with Gasteiger partial charge in [0.1, 0.15) is 5.82 Å². The summed E-state index contributed by atoms with van der Waals surface area (Å²) in [6.45, 7) is 8.84. The van der Waals surface area contributed by atoms with Gasteiger partial charge in [0.15, 0.2) is 0 Å². The molecule has 2 amide bonds. The predicted octanol–water partition coefficient (Wildman–Crippen LogP) is 2.21. The van der Waals surface area contributed by atoms with E-state index in [1.54, 1.807) is 0 Å². The van der Waals surface area contributed by atoms with Crippen molar-refractivity contribution in [2.75, 3.05) is 44.2 Å². The summed E-state index contributed by atoms with van der Waals surface area (Å²) in [4.78, 5) is 21.2. The van der Waals surface area contributed by atoms with Crippen molar-refractivity contribution >= 4 is 11.8 Å². The number of anilines is 1. The van der Waals surface area contributed by atoms with Crippen LogP contribution in [0, 0.1) is 5.92 Å². The van der Waals surface area contributed by atoms with Gasteiger partial charge in [-0.25, -0.2) is 9.78 Å². The molecule has 1 aromatic rings. The van der Waals surface area contributed by atoms with Crippen molar-refractivity contribution < 1.29 is 4.79 Å². The molecule has 0 spiro atoms. The standard InChI is InChI=1S/C19H31N5O/c1-2-23-10-12-24(13-11-23)18-14-17(7-8-20-18)15-22-19(25)21-9-6-16-4-3-5-16/h7-8,14,16H,2-6,9-13,15H2,1H3,(H2,21,22,25). The van der Waals surface area contributed by atoms with Crippen LogP contribution >= 0.6 is 0 Å². The predicted molar refractivity (Wildman–Crippen MR) is 101 cm³/mol. The van der Waals surface area contributed by atoms with Crippen LogP contribution in [0.25, 0.3) is 0 Å². The second kappa shape index (κ2) is 9.04. The van der Waals surface area contributed by atoms with E-state index in [0.717, 1.165) is 63.0 Å². The van der Waals surface area contributed by atoms with Crippen LogP contribution < -0.4 is 15.5 Å². The molecule has 6 heteroatoms. The van der Waals surface area contributed by atoms with E-state index in [-0.39, 0.29) is 6.03 Å². The molecule has 3 rings (SSSR count). The van der Waals surface area contributed by atoms with Gasteiger partial charge in [-0.2, -0.15) is 0 Å². The van der Waals surface area contributed by atoms with E-state index in [0.29, 0.717) is 6.54 Å². The fourth-order valence-electron chi connectivity index (χ4n) is 3.45. The molecule has 25 heavy (non-hydrogen) atoms. The van der Waals surface area contributed by atoms with E-state index in [1.807, 2.05) is 12.3 Å². The SMILES string of the molecule is CCN1CCN(c2cc(CNC(=O)NCCC3CCC3)ccn2)CC1. The monoisotopic (exact) mass is 345 g/mol. The van der Waals surface area contributed by atoms with Gasteiger partial charge < -0.3 is 20.4 Å². The molecule has 138 valence electrons. The van der Waals surface area contributed by atoms with E-state index in [9.17, 15) is 4.79 Å². The van der Waals surface area contributed by atoms with Crippen molar-refractivity contribution in [3.8, 4) is 0 Å². The van der Waals surface area contributed by atoms with Crippen LogP contribution in [0.3, 0.4) is 0 Å². The highest BCUT2D eigenvalue weighted by Crippen LogP contribution is 2.28. The average molecular weight is 345 g/mol. The Balaban J connectivity index is 1.41. The highest BCUT2D eigenvalue weighted by atomic mass is 16.2. The minimum atomic E-state index is -0.0748. The molecule has 2 heterocycles. The molecule has 1 saturated carbocycles. The first-order valence-corrected chi connectivity index (χ1v) is 9.68. The van der Waals surface area contributed by atoms with Crippen LogP contribution in [-0.4, -0.2) is 55.2 Å². The van der Waals surface area contributed by atoms with E-state index in [1.165, 1.54) is 19.3 Å². The Kier molecular flexibility index (Phi) is 6.50. The van der Waals surface area contributed by atoms with Crippen molar-refractivity contribution in [1.29, 1.82) is 0 Å². The Morgan fingerprint density at radius 2 is 2.04 bits per heavy atom. The van der Waals surface area contributed by atoms with E-state index < -0.39 is 0 Å². The van der Waals surface area contributed by atoms with Gasteiger partial charge in [0, 0.05) is 45.5 Å². The van der Waals surface area contributed by atoms with Gasteiger partial charge in [-0.05, 0) is 36.6 Å². The molecule has 0 atom stereocenters. The quantitative estimate of drug-likeness (QED) is 0.795. The van der Waals surface area contributed by atoms with Gasteiger partial charge in [0.25, 0.3) is 0 Å². The Morgan fingerprint density at radius 1 is 1.24 bits per heavy atom. The molecule has 2 fully saturated rings. The molecular weight excluding hydrogens is 314 g/mol. The van der Waals surface area contributed by atoms with Gasteiger partial charge in [-0.3, -0.25) is 0 Å². The lowest BCUT2D eigenvalue weighted by Crippen LogP contribution is -2.46. The van der Waals surface area contributed by atoms with Crippen molar-refractivity contribution in [2.24, 2.45) is 5.92 Å². The van der Waals surface area contributed by atoms with Crippen LogP contribution in [0.1, 0.15) is 38.2 Å². The van der Waals surface area contributed by atoms with E-state index in [4.69, 9.17) is 0 Å². The summed E-state index contributed by atoms with van der Waals surface area (Å²) in [7, 11) is 0. The van der Waals surface area contributed by atoms with Crippen LogP contribution in [0.2, 0.25) is 0 Å². The Hall–Kier alpha value is -1.82. The number of hydrogen-bond donors (Lipinski definition) is 2. The topological polar surface area (TPSA) is 60.5 Å². The number of pyridine rings is 1. The molecule has 0 bridgehead atoms.